The molecular weight excluding hydrogens is 188 g/mol. The zero-order chi connectivity index (χ0) is 11.6. The van der Waals surface area contributed by atoms with E-state index in [0.717, 1.165) is 30.5 Å². The molecule has 15 heavy (non-hydrogen) atoms. The van der Waals surface area contributed by atoms with Gasteiger partial charge in [0.1, 0.15) is 0 Å². The Morgan fingerprint density at radius 2 is 1.93 bits per heavy atom. The third kappa shape index (κ3) is 2.52. The molecule has 0 aliphatic rings. The van der Waals surface area contributed by atoms with Gasteiger partial charge in [0.15, 0.2) is 0 Å². The number of hydrogen-bond donors (Lipinski definition) is 1. The van der Waals surface area contributed by atoms with Crippen LogP contribution in [0.15, 0.2) is 0 Å². The molecule has 0 atom stereocenters. The van der Waals surface area contributed by atoms with Gasteiger partial charge in [0.05, 0.1) is 11.2 Å². The molecule has 0 fully saturated rings. The average Bonchev–Trinajstić information content (AvgIpc) is 2.41. The number of rotatable bonds is 3. The van der Waals surface area contributed by atoms with Crippen molar-refractivity contribution in [2.24, 2.45) is 0 Å². The van der Waals surface area contributed by atoms with Crippen molar-refractivity contribution in [3.63, 3.8) is 0 Å². The van der Waals surface area contributed by atoms with E-state index in [1.807, 2.05) is 27.7 Å². The Labute approximate surface area is 92.1 Å². The third-order valence-electron chi connectivity index (χ3n) is 2.59. The molecule has 1 heterocycles. The van der Waals surface area contributed by atoms with Gasteiger partial charge in [-0.15, -0.1) is 0 Å². The van der Waals surface area contributed by atoms with Crippen LogP contribution in [-0.4, -0.2) is 14.9 Å². The first-order valence-electron chi connectivity index (χ1n) is 5.66. The van der Waals surface area contributed by atoms with Crippen molar-refractivity contribution in [3.8, 4) is 5.88 Å². The number of hydrogen-bond acceptors (Lipinski definition) is 2. The van der Waals surface area contributed by atoms with Crippen molar-refractivity contribution in [2.75, 3.05) is 0 Å². The molecule has 0 unspecified atom stereocenters. The van der Waals surface area contributed by atoms with E-state index in [-0.39, 0.29) is 5.54 Å². The average molecular weight is 210 g/mol. The monoisotopic (exact) mass is 210 g/mol. The third-order valence-corrected chi connectivity index (χ3v) is 2.59. The van der Waals surface area contributed by atoms with E-state index in [2.05, 4.69) is 12.0 Å². The molecule has 0 aliphatic carbocycles. The van der Waals surface area contributed by atoms with Gasteiger partial charge >= 0.3 is 0 Å². The van der Waals surface area contributed by atoms with Gasteiger partial charge < -0.3 is 5.11 Å². The summed E-state index contributed by atoms with van der Waals surface area (Å²) >= 11 is 0. The smallest absolute Gasteiger partial charge is 0.213 e. The van der Waals surface area contributed by atoms with Crippen LogP contribution >= 0.6 is 0 Å². The molecule has 0 saturated heterocycles. The van der Waals surface area contributed by atoms with Gasteiger partial charge in [0.25, 0.3) is 0 Å². The van der Waals surface area contributed by atoms with E-state index in [4.69, 9.17) is 0 Å². The molecule has 1 aromatic rings. The van der Waals surface area contributed by atoms with Gasteiger partial charge in [-0.3, -0.25) is 0 Å². The van der Waals surface area contributed by atoms with Crippen molar-refractivity contribution in [3.05, 3.63) is 11.3 Å². The SMILES string of the molecule is CCCCc1nn(C(C)(C)C)c(O)c1C. The Morgan fingerprint density at radius 3 is 2.33 bits per heavy atom. The predicted octanol–water partition coefficient (Wildman–Crippen LogP) is 2.99. The van der Waals surface area contributed by atoms with Crippen molar-refractivity contribution in [1.82, 2.24) is 9.78 Å². The molecule has 3 heteroatoms. The number of nitrogens with zero attached hydrogens (tertiary/aromatic N) is 2. The molecule has 0 aromatic carbocycles. The molecule has 0 aliphatic heterocycles. The lowest BCUT2D eigenvalue weighted by Crippen LogP contribution is -2.22. The minimum atomic E-state index is -0.153. The lowest BCUT2D eigenvalue weighted by atomic mass is 10.1. The van der Waals surface area contributed by atoms with Crippen LogP contribution in [-0.2, 0) is 12.0 Å². The highest BCUT2D eigenvalue weighted by Gasteiger charge is 2.22. The Balaban J connectivity index is 3.02. The predicted molar refractivity (Wildman–Crippen MR) is 62.2 cm³/mol. The van der Waals surface area contributed by atoms with Crippen molar-refractivity contribution in [1.29, 1.82) is 0 Å². The summed E-state index contributed by atoms with van der Waals surface area (Å²) in [4.78, 5) is 0. The standard InChI is InChI=1S/C12H22N2O/c1-6-7-8-10-9(2)11(15)14(13-10)12(3,4)5/h15H,6-8H2,1-5H3. The molecule has 1 rings (SSSR count). The number of unbranched alkanes of at least 4 members (excludes halogenated alkanes) is 1. The maximum Gasteiger partial charge on any atom is 0.213 e. The molecule has 1 aromatic heterocycles. The molecule has 86 valence electrons. The van der Waals surface area contributed by atoms with E-state index in [0.29, 0.717) is 5.88 Å². The molecule has 0 spiro atoms. The lowest BCUT2D eigenvalue weighted by Gasteiger charge is -2.19. The van der Waals surface area contributed by atoms with E-state index in [9.17, 15) is 5.11 Å². The Kier molecular flexibility index (Phi) is 3.42. The summed E-state index contributed by atoms with van der Waals surface area (Å²) in [7, 11) is 0. The fraction of sp³-hybridized carbons (Fsp3) is 0.750. The summed E-state index contributed by atoms with van der Waals surface area (Å²) in [6.45, 7) is 10.2. The van der Waals surface area contributed by atoms with Gasteiger partial charge in [-0.1, -0.05) is 13.3 Å². The second-order valence-electron chi connectivity index (χ2n) is 5.08. The Bertz CT molecular complexity index is 334. The number of aromatic hydroxyl groups is 1. The second-order valence-corrected chi connectivity index (χ2v) is 5.08. The minimum absolute atomic E-state index is 0.153. The van der Waals surface area contributed by atoms with Gasteiger partial charge in [-0.25, -0.2) is 4.68 Å². The summed E-state index contributed by atoms with van der Waals surface area (Å²) in [5.74, 6) is 0.314. The largest absolute Gasteiger partial charge is 0.493 e. The van der Waals surface area contributed by atoms with Crippen LogP contribution in [0, 0.1) is 6.92 Å². The zero-order valence-corrected chi connectivity index (χ0v) is 10.5. The van der Waals surface area contributed by atoms with Gasteiger partial charge in [0, 0.05) is 5.56 Å². The molecule has 1 N–H and O–H groups in total. The zero-order valence-electron chi connectivity index (χ0n) is 10.5. The summed E-state index contributed by atoms with van der Waals surface area (Å²) < 4.78 is 1.72. The van der Waals surface area contributed by atoms with Crippen LogP contribution in [0.2, 0.25) is 0 Å². The van der Waals surface area contributed by atoms with Gasteiger partial charge in [0.2, 0.25) is 5.88 Å². The maximum atomic E-state index is 9.95. The van der Waals surface area contributed by atoms with Crippen LogP contribution in [0.25, 0.3) is 0 Å². The summed E-state index contributed by atoms with van der Waals surface area (Å²) in [5, 5.41) is 14.4. The Hall–Kier alpha value is -0.990. The summed E-state index contributed by atoms with van der Waals surface area (Å²) in [6.07, 6.45) is 3.24. The molecular formula is C12H22N2O. The topological polar surface area (TPSA) is 38.0 Å². The first-order valence-corrected chi connectivity index (χ1v) is 5.66. The first kappa shape index (κ1) is 12.1. The normalized spacial score (nSPS) is 12.1. The van der Waals surface area contributed by atoms with Crippen LogP contribution < -0.4 is 0 Å². The quantitative estimate of drug-likeness (QED) is 0.832. The molecule has 0 bridgehead atoms. The molecule has 0 radical (unpaired) electrons. The van der Waals surface area contributed by atoms with Crippen molar-refractivity contribution >= 4 is 0 Å². The van der Waals surface area contributed by atoms with Gasteiger partial charge in [-0.2, -0.15) is 5.10 Å². The first-order chi connectivity index (χ1) is 6.88. The van der Waals surface area contributed by atoms with Crippen LogP contribution in [0.4, 0.5) is 0 Å². The molecule has 0 amide bonds. The van der Waals surface area contributed by atoms with Crippen LogP contribution in [0.1, 0.15) is 51.8 Å². The summed E-state index contributed by atoms with van der Waals surface area (Å²) in [6, 6.07) is 0. The van der Waals surface area contributed by atoms with E-state index >= 15 is 0 Å². The lowest BCUT2D eigenvalue weighted by molar-refractivity contribution is 0.293. The van der Waals surface area contributed by atoms with E-state index < -0.39 is 0 Å². The highest BCUT2D eigenvalue weighted by molar-refractivity contribution is 5.30. The minimum Gasteiger partial charge on any atom is -0.493 e. The molecule has 3 nitrogen and oxygen atoms in total. The second kappa shape index (κ2) is 4.25. The van der Waals surface area contributed by atoms with Gasteiger partial charge in [-0.05, 0) is 40.5 Å². The van der Waals surface area contributed by atoms with Crippen LogP contribution in [0.5, 0.6) is 5.88 Å². The van der Waals surface area contributed by atoms with Crippen LogP contribution in [0.3, 0.4) is 0 Å². The molecule has 0 saturated carbocycles. The van der Waals surface area contributed by atoms with Crippen molar-refractivity contribution in [2.45, 2.75) is 59.4 Å². The Morgan fingerprint density at radius 1 is 1.33 bits per heavy atom. The van der Waals surface area contributed by atoms with E-state index in [1.54, 1.807) is 4.68 Å². The fourth-order valence-electron chi connectivity index (χ4n) is 1.58. The van der Waals surface area contributed by atoms with E-state index in [1.165, 1.54) is 0 Å². The fourth-order valence-corrected chi connectivity index (χ4v) is 1.58. The summed E-state index contributed by atoms with van der Waals surface area (Å²) in [5.41, 5.74) is 1.81. The highest BCUT2D eigenvalue weighted by Crippen LogP contribution is 2.27. The number of aromatic nitrogens is 2. The highest BCUT2D eigenvalue weighted by atomic mass is 16.3. The number of aryl methyl sites for hydroxylation is 1. The maximum absolute atomic E-state index is 9.95. The van der Waals surface area contributed by atoms with Crippen molar-refractivity contribution < 1.29 is 5.11 Å².